The summed E-state index contributed by atoms with van der Waals surface area (Å²) in [7, 11) is 0. The molecule has 0 atom stereocenters. The summed E-state index contributed by atoms with van der Waals surface area (Å²) in [6.45, 7) is 3.25. The van der Waals surface area contributed by atoms with Crippen molar-refractivity contribution in [1.29, 1.82) is 0 Å². The van der Waals surface area contributed by atoms with Gasteiger partial charge in [-0.2, -0.15) is 0 Å². The van der Waals surface area contributed by atoms with Crippen molar-refractivity contribution in [2.75, 3.05) is 26.2 Å². The van der Waals surface area contributed by atoms with E-state index in [0.717, 1.165) is 17.2 Å². The minimum absolute atomic E-state index is 0.0924. The molecule has 2 aromatic rings. The van der Waals surface area contributed by atoms with Crippen LogP contribution >= 0.6 is 11.6 Å². The third-order valence-corrected chi connectivity index (χ3v) is 4.64. The number of benzene rings is 2. The Hall–Kier alpha value is -1.98. The number of piperazine rings is 1. The van der Waals surface area contributed by atoms with Gasteiger partial charge in [-0.3, -0.25) is 9.69 Å². The first-order valence-electron chi connectivity index (χ1n) is 8.20. The van der Waals surface area contributed by atoms with Gasteiger partial charge in [0.15, 0.2) is 11.6 Å². The van der Waals surface area contributed by atoms with Crippen molar-refractivity contribution in [3.05, 3.63) is 70.2 Å². The topological polar surface area (TPSA) is 23.6 Å². The molecular formula is C19H19ClF2N2O. The van der Waals surface area contributed by atoms with Gasteiger partial charge >= 0.3 is 0 Å². The molecule has 6 heteroatoms. The van der Waals surface area contributed by atoms with Crippen LogP contribution in [0.3, 0.4) is 0 Å². The number of hydrogen-bond donors (Lipinski definition) is 0. The largest absolute Gasteiger partial charge is 0.340 e. The summed E-state index contributed by atoms with van der Waals surface area (Å²) in [4.78, 5) is 16.4. The van der Waals surface area contributed by atoms with E-state index in [1.54, 1.807) is 18.2 Å². The number of halogens is 3. The monoisotopic (exact) mass is 364 g/mol. The van der Waals surface area contributed by atoms with Crippen molar-refractivity contribution in [3.63, 3.8) is 0 Å². The molecule has 3 rings (SSSR count). The maximum absolute atomic E-state index is 13.3. The smallest absolute Gasteiger partial charge is 0.227 e. The first-order chi connectivity index (χ1) is 12.0. The Morgan fingerprint density at radius 3 is 2.20 bits per heavy atom. The van der Waals surface area contributed by atoms with Crippen molar-refractivity contribution in [1.82, 2.24) is 9.80 Å². The van der Waals surface area contributed by atoms with Crippen molar-refractivity contribution in [3.8, 4) is 0 Å². The lowest BCUT2D eigenvalue weighted by Crippen LogP contribution is -2.48. The molecule has 132 valence electrons. The number of hydrogen-bond acceptors (Lipinski definition) is 2. The van der Waals surface area contributed by atoms with Crippen LogP contribution in [0, 0.1) is 11.6 Å². The molecule has 1 aliphatic rings. The van der Waals surface area contributed by atoms with Gasteiger partial charge in [0.05, 0.1) is 6.42 Å². The van der Waals surface area contributed by atoms with Crippen LogP contribution in [0.2, 0.25) is 5.02 Å². The summed E-state index contributed by atoms with van der Waals surface area (Å²) in [6.07, 6.45) is 0.361. The van der Waals surface area contributed by atoms with Crippen LogP contribution in [0.5, 0.6) is 0 Å². The van der Waals surface area contributed by atoms with Gasteiger partial charge in [0, 0.05) is 37.7 Å². The van der Waals surface area contributed by atoms with Gasteiger partial charge in [0.2, 0.25) is 5.91 Å². The normalized spacial score (nSPS) is 15.4. The van der Waals surface area contributed by atoms with E-state index in [0.29, 0.717) is 44.2 Å². The highest BCUT2D eigenvalue weighted by Gasteiger charge is 2.21. The van der Waals surface area contributed by atoms with Crippen molar-refractivity contribution >= 4 is 17.5 Å². The van der Waals surface area contributed by atoms with Crippen LogP contribution < -0.4 is 0 Å². The van der Waals surface area contributed by atoms with E-state index in [1.165, 1.54) is 6.07 Å². The number of amides is 1. The second-order valence-corrected chi connectivity index (χ2v) is 6.65. The Labute approximate surface area is 150 Å². The Kier molecular flexibility index (Phi) is 5.66. The number of nitrogens with zero attached hydrogens (tertiary/aromatic N) is 2. The molecule has 2 aromatic carbocycles. The molecule has 0 aliphatic carbocycles. The SMILES string of the molecule is O=C(Cc1ccc(Cl)cc1)N1CCN(Cc2ccc(F)c(F)c2)CC1. The maximum atomic E-state index is 13.3. The summed E-state index contributed by atoms with van der Waals surface area (Å²) in [6, 6.07) is 11.3. The molecular weight excluding hydrogens is 346 g/mol. The number of carbonyl (C=O) groups is 1. The van der Waals surface area contributed by atoms with E-state index in [-0.39, 0.29) is 5.91 Å². The predicted molar refractivity (Wildman–Crippen MR) is 93.4 cm³/mol. The molecule has 3 nitrogen and oxygen atoms in total. The lowest BCUT2D eigenvalue weighted by molar-refractivity contribution is -0.132. The predicted octanol–water partition coefficient (Wildman–Crippen LogP) is 3.51. The molecule has 25 heavy (non-hydrogen) atoms. The highest BCUT2D eigenvalue weighted by Crippen LogP contribution is 2.14. The van der Waals surface area contributed by atoms with Gasteiger partial charge in [0.25, 0.3) is 0 Å². The zero-order chi connectivity index (χ0) is 17.8. The summed E-state index contributed by atoms with van der Waals surface area (Å²) in [5, 5.41) is 0.655. The summed E-state index contributed by atoms with van der Waals surface area (Å²) in [5.41, 5.74) is 1.68. The molecule has 0 unspecified atom stereocenters. The van der Waals surface area contributed by atoms with Gasteiger partial charge in [-0.05, 0) is 35.4 Å². The lowest BCUT2D eigenvalue weighted by atomic mass is 10.1. The lowest BCUT2D eigenvalue weighted by Gasteiger charge is -2.34. The Morgan fingerprint density at radius 2 is 1.56 bits per heavy atom. The van der Waals surface area contributed by atoms with Crippen LogP contribution in [0.1, 0.15) is 11.1 Å². The average molecular weight is 365 g/mol. The Morgan fingerprint density at radius 1 is 0.920 bits per heavy atom. The summed E-state index contributed by atoms with van der Waals surface area (Å²) < 4.78 is 26.3. The zero-order valence-corrected chi connectivity index (χ0v) is 14.5. The van der Waals surface area contributed by atoms with E-state index in [1.807, 2.05) is 17.0 Å². The van der Waals surface area contributed by atoms with Gasteiger partial charge in [0.1, 0.15) is 0 Å². The molecule has 1 aliphatic heterocycles. The van der Waals surface area contributed by atoms with E-state index in [2.05, 4.69) is 4.90 Å². The summed E-state index contributed by atoms with van der Waals surface area (Å²) >= 11 is 5.85. The van der Waals surface area contributed by atoms with Crippen LogP contribution in [0.25, 0.3) is 0 Å². The van der Waals surface area contributed by atoms with Crippen LogP contribution in [-0.4, -0.2) is 41.9 Å². The molecule has 0 radical (unpaired) electrons. The van der Waals surface area contributed by atoms with Gasteiger partial charge in [-0.15, -0.1) is 0 Å². The molecule has 0 saturated carbocycles. The van der Waals surface area contributed by atoms with Crippen LogP contribution in [-0.2, 0) is 17.8 Å². The third kappa shape index (κ3) is 4.77. The van der Waals surface area contributed by atoms with Gasteiger partial charge in [-0.1, -0.05) is 29.8 Å². The molecule has 0 aromatic heterocycles. The molecule has 0 spiro atoms. The van der Waals surface area contributed by atoms with E-state index < -0.39 is 11.6 Å². The molecule has 0 N–H and O–H groups in total. The van der Waals surface area contributed by atoms with Gasteiger partial charge < -0.3 is 4.90 Å². The number of carbonyl (C=O) groups excluding carboxylic acids is 1. The first kappa shape index (κ1) is 17.8. The number of rotatable bonds is 4. The quantitative estimate of drug-likeness (QED) is 0.829. The minimum Gasteiger partial charge on any atom is -0.340 e. The minimum atomic E-state index is -0.832. The van der Waals surface area contributed by atoms with E-state index >= 15 is 0 Å². The second kappa shape index (κ2) is 7.93. The van der Waals surface area contributed by atoms with Crippen LogP contribution in [0.15, 0.2) is 42.5 Å². The van der Waals surface area contributed by atoms with E-state index in [4.69, 9.17) is 11.6 Å². The van der Waals surface area contributed by atoms with Crippen molar-refractivity contribution in [2.45, 2.75) is 13.0 Å². The molecule has 1 heterocycles. The summed E-state index contributed by atoms with van der Waals surface area (Å²) in [5.74, 6) is -1.56. The standard InChI is InChI=1S/C19H19ClF2N2O/c20-16-4-1-14(2-5-16)12-19(25)24-9-7-23(8-10-24)13-15-3-6-17(21)18(22)11-15/h1-6,11H,7-10,12-13H2. The zero-order valence-electron chi connectivity index (χ0n) is 13.7. The van der Waals surface area contributed by atoms with Gasteiger partial charge in [-0.25, -0.2) is 8.78 Å². The Bertz CT molecular complexity index is 744. The van der Waals surface area contributed by atoms with E-state index in [9.17, 15) is 13.6 Å². The van der Waals surface area contributed by atoms with Crippen LogP contribution in [0.4, 0.5) is 8.78 Å². The molecule has 0 bridgehead atoms. The maximum Gasteiger partial charge on any atom is 0.227 e. The molecule has 1 saturated heterocycles. The molecule has 1 fully saturated rings. The fourth-order valence-electron chi connectivity index (χ4n) is 2.94. The molecule has 1 amide bonds. The fraction of sp³-hybridized carbons (Fsp3) is 0.316. The highest BCUT2D eigenvalue weighted by molar-refractivity contribution is 6.30. The third-order valence-electron chi connectivity index (χ3n) is 4.38. The highest BCUT2D eigenvalue weighted by atomic mass is 35.5. The van der Waals surface area contributed by atoms with Crippen molar-refractivity contribution in [2.24, 2.45) is 0 Å². The second-order valence-electron chi connectivity index (χ2n) is 6.21. The Balaban J connectivity index is 1.50. The first-order valence-corrected chi connectivity index (χ1v) is 8.57. The van der Waals surface area contributed by atoms with Crippen molar-refractivity contribution < 1.29 is 13.6 Å². The average Bonchev–Trinajstić information content (AvgIpc) is 2.61. The fourth-order valence-corrected chi connectivity index (χ4v) is 3.07.